The van der Waals surface area contributed by atoms with Crippen LogP contribution in [0.2, 0.25) is 0 Å². The highest BCUT2D eigenvalue weighted by Gasteiger charge is 2.20. The summed E-state index contributed by atoms with van der Waals surface area (Å²) < 4.78 is 5.23. The highest BCUT2D eigenvalue weighted by atomic mass is 32.1. The molecule has 160 valence electrons. The molecule has 0 spiro atoms. The molecule has 2 heterocycles. The summed E-state index contributed by atoms with van der Waals surface area (Å²) in [4.78, 5) is 31.6. The van der Waals surface area contributed by atoms with Gasteiger partial charge in [0.2, 0.25) is 5.91 Å². The SMILES string of the molecule is N#Cc1c(NC(=O)CCNCc2ccco2)sc2c1CCCCC2.O=C(O)C(=O)O. The zero-order chi connectivity index (χ0) is 21.9. The fourth-order valence-electron chi connectivity index (χ4n) is 2.96. The number of rotatable bonds is 6. The van der Waals surface area contributed by atoms with Gasteiger partial charge < -0.3 is 25.3 Å². The maximum atomic E-state index is 12.1. The first-order valence-corrected chi connectivity index (χ1v) is 10.3. The number of carbonyl (C=O) groups is 3. The van der Waals surface area contributed by atoms with Crippen molar-refractivity contribution in [3.8, 4) is 6.07 Å². The standard InChI is InChI=1S/C18H21N3O2S.C2H2O4/c19-11-15-14-6-2-1-3-7-16(14)24-18(15)21-17(22)8-9-20-12-13-5-4-10-23-13;3-1(4)2(5)6/h4-5,10,20H,1-3,6-9,12H2,(H,21,22);(H,3,4)(H,5,6). The third kappa shape index (κ3) is 7.02. The predicted octanol–water partition coefficient (Wildman–Crippen LogP) is 2.76. The number of thiophene rings is 1. The molecule has 0 saturated heterocycles. The minimum absolute atomic E-state index is 0.0603. The minimum Gasteiger partial charge on any atom is -0.473 e. The van der Waals surface area contributed by atoms with Gasteiger partial charge in [-0.2, -0.15) is 5.26 Å². The number of amides is 1. The van der Waals surface area contributed by atoms with Crippen molar-refractivity contribution in [2.75, 3.05) is 11.9 Å². The Morgan fingerprint density at radius 2 is 1.90 bits per heavy atom. The Balaban J connectivity index is 0.000000469. The van der Waals surface area contributed by atoms with Crippen molar-refractivity contribution in [3.05, 3.63) is 40.2 Å². The molecule has 30 heavy (non-hydrogen) atoms. The van der Waals surface area contributed by atoms with Crippen LogP contribution in [0.25, 0.3) is 0 Å². The molecule has 1 amide bonds. The van der Waals surface area contributed by atoms with E-state index in [0.29, 0.717) is 25.1 Å². The Kier molecular flexibility index (Phi) is 9.05. The molecule has 2 aromatic heterocycles. The second-order valence-electron chi connectivity index (χ2n) is 6.55. The molecule has 4 N–H and O–H groups in total. The van der Waals surface area contributed by atoms with E-state index in [1.165, 1.54) is 17.7 Å². The second-order valence-corrected chi connectivity index (χ2v) is 7.65. The summed E-state index contributed by atoms with van der Waals surface area (Å²) in [5.41, 5.74) is 1.83. The van der Waals surface area contributed by atoms with E-state index in [2.05, 4.69) is 16.7 Å². The lowest BCUT2D eigenvalue weighted by atomic mass is 10.1. The molecule has 0 unspecified atom stereocenters. The minimum atomic E-state index is -1.82. The molecule has 2 aromatic rings. The number of furan rings is 1. The van der Waals surface area contributed by atoms with Crippen molar-refractivity contribution in [2.45, 2.75) is 45.1 Å². The van der Waals surface area contributed by atoms with Gasteiger partial charge in [-0.15, -0.1) is 11.3 Å². The van der Waals surface area contributed by atoms with E-state index in [0.717, 1.165) is 35.6 Å². The topological polar surface area (TPSA) is 153 Å². The highest BCUT2D eigenvalue weighted by molar-refractivity contribution is 7.16. The zero-order valence-corrected chi connectivity index (χ0v) is 17.1. The smallest absolute Gasteiger partial charge is 0.414 e. The molecule has 0 saturated carbocycles. The number of hydrogen-bond donors (Lipinski definition) is 4. The van der Waals surface area contributed by atoms with Gasteiger partial charge in [0, 0.05) is 17.8 Å². The Hall–Kier alpha value is -3.16. The van der Waals surface area contributed by atoms with Gasteiger partial charge in [0.1, 0.15) is 16.8 Å². The third-order valence-electron chi connectivity index (χ3n) is 4.38. The van der Waals surface area contributed by atoms with Gasteiger partial charge in [-0.1, -0.05) is 6.42 Å². The fourth-order valence-corrected chi connectivity index (χ4v) is 4.22. The number of aliphatic carboxylic acids is 2. The second kappa shape index (κ2) is 11.7. The van der Waals surface area contributed by atoms with Crippen LogP contribution >= 0.6 is 11.3 Å². The van der Waals surface area contributed by atoms with Crippen LogP contribution in [0.4, 0.5) is 5.00 Å². The molecule has 0 atom stereocenters. The number of hydrogen-bond acceptors (Lipinski definition) is 7. The number of carboxylic acid groups (broad SMARTS) is 2. The summed E-state index contributed by atoms with van der Waals surface area (Å²) in [6, 6.07) is 6.03. The van der Waals surface area contributed by atoms with E-state index in [-0.39, 0.29) is 5.91 Å². The molecule has 0 bridgehead atoms. The Morgan fingerprint density at radius 1 is 1.17 bits per heavy atom. The Morgan fingerprint density at radius 3 is 2.53 bits per heavy atom. The maximum Gasteiger partial charge on any atom is 0.414 e. The summed E-state index contributed by atoms with van der Waals surface area (Å²) in [6.07, 6.45) is 7.49. The van der Waals surface area contributed by atoms with Crippen molar-refractivity contribution in [3.63, 3.8) is 0 Å². The molecular weight excluding hydrogens is 410 g/mol. The first-order valence-electron chi connectivity index (χ1n) is 9.46. The molecule has 0 fully saturated rings. The number of fused-ring (bicyclic) bond motifs is 1. The number of anilines is 1. The van der Waals surface area contributed by atoms with Crippen LogP contribution in [0.5, 0.6) is 0 Å². The van der Waals surface area contributed by atoms with Crippen molar-refractivity contribution >= 4 is 34.2 Å². The van der Waals surface area contributed by atoms with Crippen LogP contribution in [0.3, 0.4) is 0 Å². The molecule has 1 aliphatic rings. The Labute approximate surface area is 177 Å². The number of nitriles is 1. The van der Waals surface area contributed by atoms with Gasteiger partial charge in [0.15, 0.2) is 0 Å². The highest BCUT2D eigenvalue weighted by Crippen LogP contribution is 2.36. The number of nitrogens with zero attached hydrogens (tertiary/aromatic N) is 1. The zero-order valence-electron chi connectivity index (χ0n) is 16.3. The first kappa shape index (κ1) is 23.1. The summed E-state index contributed by atoms with van der Waals surface area (Å²) in [5.74, 6) is -2.86. The summed E-state index contributed by atoms with van der Waals surface area (Å²) in [7, 11) is 0. The molecule has 10 heteroatoms. The first-order chi connectivity index (χ1) is 14.4. The van der Waals surface area contributed by atoms with E-state index >= 15 is 0 Å². The van der Waals surface area contributed by atoms with Crippen LogP contribution in [0, 0.1) is 11.3 Å². The van der Waals surface area contributed by atoms with Crippen molar-refractivity contribution in [2.24, 2.45) is 0 Å². The van der Waals surface area contributed by atoms with Crippen molar-refractivity contribution in [1.82, 2.24) is 5.32 Å². The lowest BCUT2D eigenvalue weighted by Gasteiger charge is -2.05. The molecule has 3 rings (SSSR count). The maximum absolute atomic E-state index is 12.1. The van der Waals surface area contributed by atoms with E-state index in [1.54, 1.807) is 17.6 Å². The van der Waals surface area contributed by atoms with E-state index in [9.17, 15) is 10.1 Å². The monoisotopic (exact) mass is 433 g/mol. The van der Waals surface area contributed by atoms with Crippen LogP contribution in [-0.2, 0) is 33.8 Å². The lowest BCUT2D eigenvalue weighted by Crippen LogP contribution is -2.21. The lowest BCUT2D eigenvalue weighted by molar-refractivity contribution is -0.159. The van der Waals surface area contributed by atoms with Crippen LogP contribution in [-0.4, -0.2) is 34.6 Å². The molecule has 9 nitrogen and oxygen atoms in total. The number of aryl methyl sites for hydroxylation is 1. The van der Waals surface area contributed by atoms with Gasteiger partial charge in [-0.05, 0) is 43.4 Å². The van der Waals surface area contributed by atoms with Gasteiger partial charge in [-0.25, -0.2) is 9.59 Å². The van der Waals surface area contributed by atoms with E-state index in [1.807, 2.05) is 12.1 Å². The molecule has 1 aliphatic carbocycles. The van der Waals surface area contributed by atoms with E-state index < -0.39 is 11.9 Å². The van der Waals surface area contributed by atoms with Gasteiger partial charge in [0.25, 0.3) is 0 Å². The summed E-state index contributed by atoms with van der Waals surface area (Å²) in [6.45, 7) is 1.18. The van der Waals surface area contributed by atoms with Crippen LogP contribution in [0.15, 0.2) is 22.8 Å². The summed E-state index contributed by atoms with van der Waals surface area (Å²) >= 11 is 1.58. The predicted molar refractivity (Wildman–Crippen MR) is 109 cm³/mol. The molecular formula is C20H23N3O6S. The fraction of sp³-hybridized carbons (Fsp3) is 0.400. The van der Waals surface area contributed by atoms with E-state index in [4.69, 9.17) is 24.2 Å². The number of carbonyl (C=O) groups excluding carboxylic acids is 1. The van der Waals surface area contributed by atoms with Gasteiger partial charge in [-0.3, -0.25) is 4.79 Å². The molecule has 0 radical (unpaired) electrons. The number of carboxylic acids is 2. The normalized spacial score (nSPS) is 12.5. The summed E-state index contributed by atoms with van der Waals surface area (Å²) in [5, 5.41) is 31.1. The third-order valence-corrected chi connectivity index (χ3v) is 5.58. The van der Waals surface area contributed by atoms with Crippen LogP contribution < -0.4 is 10.6 Å². The quantitative estimate of drug-likeness (QED) is 0.308. The van der Waals surface area contributed by atoms with Crippen LogP contribution in [0.1, 0.15) is 47.4 Å². The average molecular weight is 433 g/mol. The van der Waals surface area contributed by atoms with Crippen molar-refractivity contribution < 1.29 is 29.0 Å². The largest absolute Gasteiger partial charge is 0.473 e. The van der Waals surface area contributed by atoms with Gasteiger partial charge in [0.05, 0.1) is 18.4 Å². The van der Waals surface area contributed by atoms with Gasteiger partial charge >= 0.3 is 11.9 Å². The number of nitrogens with one attached hydrogen (secondary N) is 2. The van der Waals surface area contributed by atoms with Crippen molar-refractivity contribution in [1.29, 1.82) is 5.26 Å². The molecule has 0 aromatic carbocycles. The Bertz CT molecular complexity index is 902. The molecule has 0 aliphatic heterocycles. The average Bonchev–Trinajstić information content (AvgIpc) is 3.27.